The smallest absolute Gasteiger partial charge is 0.306 e. The molecule has 2 aromatic carbocycles. The second-order valence-electron chi connectivity index (χ2n) is 7.46. The highest BCUT2D eigenvalue weighted by Crippen LogP contribution is 2.40. The highest BCUT2D eigenvalue weighted by Gasteiger charge is 2.26. The number of imidazole rings is 1. The van der Waals surface area contributed by atoms with Gasteiger partial charge in [0.15, 0.2) is 11.3 Å². The molecular formula is C21H21N3O5S. The maximum atomic E-state index is 12.1. The van der Waals surface area contributed by atoms with E-state index < -0.39 is 10.1 Å². The summed E-state index contributed by atoms with van der Waals surface area (Å²) in [6, 6.07) is 11.3. The molecule has 0 aliphatic carbocycles. The molecule has 0 radical (unpaired) electrons. The fraction of sp³-hybridized carbons (Fsp3) is 0.333. The molecule has 9 heteroatoms. The molecule has 5 rings (SSSR count). The maximum absolute atomic E-state index is 12.1. The summed E-state index contributed by atoms with van der Waals surface area (Å²) in [6.45, 7) is 3.30. The number of ether oxygens (including phenoxy) is 1. The summed E-state index contributed by atoms with van der Waals surface area (Å²) < 4.78 is 43.1. The van der Waals surface area contributed by atoms with Gasteiger partial charge < -0.3 is 17.9 Å². The van der Waals surface area contributed by atoms with E-state index in [-0.39, 0.29) is 17.7 Å². The van der Waals surface area contributed by atoms with Gasteiger partial charge >= 0.3 is 10.1 Å². The third kappa shape index (κ3) is 3.33. The molecule has 156 valence electrons. The predicted octanol–water partition coefficient (Wildman–Crippen LogP) is 3.84. The number of para-hydroxylation sites is 2. The van der Waals surface area contributed by atoms with Crippen LogP contribution in [0.1, 0.15) is 24.7 Å². The van der Waals surface area contributed by atoms with Crippen LogP contribution in [0.15, 0.2) is 40.8 Å². The lowest BCUT2D eigenvalue weighted by atomic mass is 10.1. The van der Waals surface area contributed by atoms with Gasteiger partial charge in [-0.3, -0.25) is 0 Å². The summed E-state index contributed by atoms with van der Waals surface area (Å²) in [5.74, 6) is 1.22. The standard InChI is InChI=1S/C21H21N3O5S/c1-13-22-19-17(24(13)14-9-11-27-12-10-14)8-7-15(20(19)29-30(2,25)26)21-23-16-5-3-4-6-18(16)28-21/h3-8,14H,9-12H2,1-2H3. The van der Waals surface area contributed by atoms with E-state index >= 15 is 0 Å². The number of fused-ring (bicyclic) bond motifs is 2. The van der Waals surface area contributed by atoms with Crippen molar-refractivity contribution in [3.8, 4) is 17.2 Å². The first kappa shape index (κ1) is 19.1. The topological polar surface area (TPSA) is 96.5 Å². The first-order chi connectivity index (χ1) is 14.4. The van der Waals surface area contributed by atoms with Crippen LogP contribution >= 0.6 is 0 Å². The van der Waals surface area contributed by atoms with Crippen molar-refractivity contribution in [2.24, 2.45) is 0 Å². The monoisotopic (exact) mass is 427 g/mol. The number of rotatable bonds is 4. The molecule has 0 unspecified atom stereocenters. The molecule has 0 atom stereocenters. The van der Waals surface area contributed by atoms with Crippen molar-refractivity contribution in [3.05, 3.63) is 42.2 Å². The van der Waals surface area contributed by atoms with Gasteiger partial charge in [0, 0.05) is 19.3 Å². The molecule has 0 spiro atoms. The number of aryl methyl sites for hydroxylation is 1. The van der Waals surface area contributed by atoms with Crippen LogP contribution in [-0.4, -0.2) is 42.4 Å². The van der Waals surface area contributed by atoms with E-state index in [1.165, 1.54) is 0 Å². The number of aromatic nitrogens is 3. The Balaban J connectivity index is 1.73. The van der Waals surface area contributed by atoms with E-state index in [0.29, 0.717) is 35.4 Å². The Kier molecular flexibility index (Phi) is 4.52. The first-order valence-electron chi connectivity index (χ1n) is 9.75. The molecule has 30 heavy (non-hydrogen) atoms. The van der Waals surface area contributed by atoms with Gasteiger partial charge in [-0.15, -0.1) is 0 Å². The summed E-state index contributed by atoms with van der Waals surface area (Å²) in [6.07, 6.45) is 2.77. The van der Waals surface area contributed by atoms with Crippen LogP contribution in [0, 0.1) is 6.92 Å². The third-order valence-electron chi connectivity index (χ3n) is 5.31. The Morgan fingerprint density at radius 1 is 1.10 bits per heavy atom. The van der Waals surface area contributed by atoms with E-state index in [9.17, 15) is 8.42 Å². The number of hydrogen-bond acceptors (Lipinski definition) is 7. The summed E-state index contributed by atoms with van der Waals surface area (Å²) in [4.78, 5) is 9.18. The van der Waals surface area contributed by atoms with Crippen LogP contribution < -0.4 is 4.18 Å². The number of oxazole rings is 1. The minimum absolute atomic E-state index is 0.135. The second-order valence-corrected chi connectivity index (χ2v) is 9.03. The van der Waals surface area contributed by atoms with Crippen molar-refractivity contribution >= 4 is 32.3 Å². The molecule has 1 aliphatic rings. The molecule has 0 bridgehead atoms. The van der Waals surface area contributed by atoms with Gasteiger partial charge in [0.05, 0.1) is 17.3 Å². The van der Waals surface area contributed by atoms with E-state index in [0.717, 1.165) is 30.4 Å². The lowest BCUT2D eigenvalue weighted by molar-refractivity contribution is 0.0701. The fourth-order valence-corrected chi connectivity index (χ4v) is 4.52. The minimum atomic E-state index is -3.80. The van der Waals surface area contributed by atoms with Gasteiger partial charge in [0.2, 0.25) is 5.89 Å². The van der Waals surface area contributed by atoms with Crippen LogP contribution in [0.3, 0.4) is 0 Å². The van der Waals surface area contributed by atoms with Crippen molar-refractivity contribution in [3.63, 3.8) is 0 Å². The number of hydrogen-bond donors (Lipinski definition) is 0. The molecule has 0 amide bonds. The van der Waals surface area contributed by atoms with E-state index in [1.54, 1.807) is 6.07 Å². The second kappa shape index (κ2) is 7.10. The third-order valence-corrected chi connectivity index (χ3v) is 5.78. The van der Waals surface area contributed by atoms with Gasteiger partial charge in [-0.05, 0) is 44.0 Å². The van der Waals surface area contributed by atoms with E-state index in [2.05, 4.69) is 14.5 Å². The van der Waals surface area contributed by atoms with Crippen molar-refractivity contribution in [2.45, 2.75) is 25.8 Å². The van der Waals surface area contributed by atoms with Crippen LogP contribution in [0.2, 0.25) is 0 Å². The zero-order valence-corrected chi connectivity index (χ0v) is 17.5. The molecule has 8 nitrogen and oxygen atoms in total. The number of nitrogens with zero attached hydrogens (tertiary/aromatic N) is 3. The Hall–Kier alpha value is -2.91. The molecule has 3 heterocycles. The van der Waals surface area contributed by atoms with Crippen molar-refractivity contribution < 1.29 is 21.8 Å². The van der Waals surface area contributed by atoms with E-state index in [1.807, 2.05) is 37.3 Å². The van der Waals surface area contributed by atoms with Crippen LogP contribution in [0.5, 0.6) is 5.75 Å². The van der Waals surface area contributed by atoms with E-state index in [4.69, 9.17) is 13.3 Å². The average Bonchev–Trinajstić information content (AvgIpc) is 3.28. The molecule has 0 N–H and O–H groups in total. The van der Waals surface area contributed by atoms with Crippen LogP contribution in [-0.2, 0) is 14.9 Å². The largest absolute Gasteiger partial charge is 0.436 e. The summed E-state index contributed by atoms with van der Waals surface area (Å²) in [7, 11) is -3.80. The highest BCUT2D eigenvalue weighted by molar-refractivity contribution is 7.86. The normalized spacial score (nSPS) is 15.8. The Labute approximate surface area is 173 Å². The molecule has 4 aromatic rings. The molecular weight excluding hydrogens is 406 g/mol. The SMILES string of the molecule is Cc1nc2c(OS(C)(=O)=O)c(-c3nc4ccccc4o3)ccc2n1C1CCOCC1. The lowest BCUT2D eigenvalue weighted by Gasteiger charge is -2.25. The van der Waals surface area contributed by atoms with Crippen molar-refractivity contribution in [1.82, 2.24) is 14.5 Å². The highest BCUT2D eigenvalue weighted by atomic mass is 32.2. The number of benzene rings is 2. The molecule has 1 saturated heterocycles. The van der Waals surface area contributed by atoms with Crippen LogP contribution in [0.25, 0.3) is 33.6 Å². The summed E-state index contributed by atoms with van der Waals surface area (Å²) >= 11 is 0. The van der Waals surface area contributed by atoms with Gasteiger partial charge in [-0.1, -0.05) is 12.1 Å². The van der Waals surface area contributed by atoms with Gasteiger partial charge in [-0.2, -0.15) is 8.42 Å². The maximum Gasteiger partial charge on any atom is 0.306 e. The molecule has 1 aliphatic heterocycles. The lowest BCUT2D eigenvalue weighted by Crippen LogP contribution is -2.20. The Morgan fingerprint density at radius 3 is 2.60 bits per heavy atom. The fourth-order valence-electron chi connectivity index (χ4n) is 4.05. The quantitative estimate of drug-likeness (QED) is 0.457. The minimum Gasteiger partial charge on any atom is -0.436 e. The summed E-state index contributed by atoms with van der Waals surface area (Å²) in [5, 5.41) is 0. The van der Waals surface area contributed by atoms with Crippen LogP contribution in [0.4, 0.5) is 0 Å². The van der Waals surface area contributed by atoms with Crippen molar-refractivity contribution in [1.29, 1.82) is 0 Å². The zero-order valence-electron chi connectivity index (χ0n) is 16.7. The van der Waals surface area contributed by atoms with Gasteiger partial charge in [-0.25, -0.2) is 9.97 Å². The Bertz CT molecular complexity index is 1320. The zero-order chi connectivity index (χ0) is 20.9. The molecule has 0 saturated carbocycles. The average molecular weight is 427 g/mol. The summed E-state index contributed by atoms with van der Waals surface area (Å²) in [5.41, 5.74) is 3.03. The molecule has 2 aromatic heterocycles. The predicted molar refractivity (Wildman–Crippen MR) is 112 cm³/mol. The van der Waals surface area contributed by atoms with Crippen molar-refractivity contribution in [2.75, 3.05) is 19.5 Å². The first-order valence-corrected chi connectivity index (χ1v) is 11.6. The molecule has 1 fully saturated rings. The van der Waals surface area contributed by atoms with Gasteiger partial charge in [0.1, 0.15) is 16.9 Å². The Morgan fingerprint density at radius 2 is 1.87 bits per heavy atom. The van der Waals surface area contributed by atoms with Gasteiger partial charge in [0.25, 0.3) is 0 Å².